The Morgan fingerprint density at radius 3 is 2.15 bits per heavy atom. The van der Waals surface area contributed by atoms with E-state index in [0.29, 0.717) is 6.20 Å². The predicted molar refractivity (Wildman–Crippen MR) is 130 cm³/mol. The summed E-state index contributed by atoms with van der Waals surface area (Å²) in [5.41, 5.74) is -1.96. The molecule has 4 rings (SSSR count). The van der Waals surface area contributed by atoms with Gasteiger partial charge in [-0.3, -0.25) is 9.78 Å². The normalized spacial score (nSPS) is 20.3. The second-order valence-corrected chi connectivity index (χ2v) is 11.3. The van der Waals surface area contributed by atoms with Crippen LogP contribution >= 0.6 is 0 Å². The van der Waals surface area contributed by atoms with E-state index >= 15 is 0 Å². The maximum atomic E-state index is 13.7. The molecule has 0 bridgehead atoms. The smallest absolute Gasteiger partial charge is 0.351 e. The van der Waals surface area contributed by atoms with Gasteiger partial charge in [-0.1, -0.05) is 6.92 Å². The van der Waals surface area contributed by atoms with Gasteiger partial charge in [-0.2, -0.15) is 30.6 Å². The maximum absolute atomic E-state index is 13.7. The number of carbonyl (C=O) groups is 1. The van der Waals surface area contributed by atoms with Crippen molar-refractivity contribution in [3.63, 3.8) is 0 Å². The van der Waals surface area contributed by atoms with Crippen LogP contribution in [0.1, 0.15) is 37.2 Å². The van der Waals surface area contributed by atoms with E-state index in [2.05, 4.69) is 20.3 Å². The van der Waals surface area contributed by atoms with Gasteiger partial charge in [0.15, 0.2) is 0 Å². The Hall–Kier alpha value is -3.66. The Morgan fingerprint density at radius 1 is 0.976 bits per heavy atom. The summed E-state index contributed by atoms with van der Waals surface area (Å²) in [4.78, 5) is 23.0. The first-order valence-corrected chi connectivity index (χ1v) is 13.5. The van der Waals surface area contributed by atoms with E-state index in [0.717, 1.165) is 47.0 Å². The van der Waals surface area contributed by atoms with Gasteiger partial charge < -0.3 is 5.32 Å². The molecule has 0 saturated carbocycles. The number of carbonyl (C=O) groups excluding carboxylic acids is 1. The molecule has 1 aliphatic heterocycles. The lowest BCUT2D eigenvalue weighted by molar-refractivity contribution is -0.145. The van der Waals surface area contributed by atoms with Crippen LogP contribution in [0.15, 0.2) is 53.8 Å². The van der Waals surface area contributed by atoms with E-state index in [1.807, 2.05) is 0 Å². The van der Waals surface area contributed by atoms with Gasteiger partial charge in [0.1, 0.15) is 11.9 Å². The fourth-order valence-corrected chi connectivity index (χ4v) is 6.37. The highest BCUT2D eigenvalue weighted by molar-refractivity contribution is 7.89. The van der Waals surface area contributed by atoms with Crippen molar-refractivity contribution in [2.45, 2.75) is 56.1 Å². The molecule has 8 nitrogen and oxygen atoms in total. The Kier molecular flexibility index (Phi) is 8.10. The van der Waals surface area contributed by atoms with Crippen LogP contribution in [-0.2, 0) is 33.7 Å². The van der Waals surface area contributed by atoms with E-state index in [-0.39, 0.29) is 28.5 Å². The highest BCUT2D eigenvalue weighted by atomic mass is 32.2. The number of benzene rings is 1. The second kappa shape index (κ2) is 11.0. The van der Waals surface area contributed by atoms with Crippen LogP contribution < -0.4 is 5.32 Å². The summed E-state index contributed by atoms with van der Waals surface area (Å²) >= 11 is 0. The van der Waals surface area contributed by atoms with Crippen molar-refractivity contribution in [2.75, 3.05) is 0 Å². The van der Waals surface area contributed by atoms with Crippen LogP contribution in [0.25, 0.3) is 11.3 Å². The van der Waals surface area contributed by atoms with E-state index < -0.39 is 69.7 Å². The number of rotatable bonds is 6. The first-order valence-electron chi connectivity index (χ1n) is 12.0. The summed E-state index contributed by atoms with van der Waals surface area (Å²) in [6.45, 7) is 2.60. The number of hydrogen-bond acceptors (Lipinski definition) is 6. The van der Waals surface area contributed by atoms with Crippen LogP contribution in [0.3, 0.4) is 0 Å². The largest absolute Gasteiger partial charge is 0.451 e. The van der Waals surface area contributed by atoms with Gasteiger partial charge in [-0.15, -0.1) is 0 Å². The number of nitrogens with zero attached hydrogens (tertiary/aromatic N) is 4. The van der Waals surface area contributed by atoms with Crippen molar-refractivity contribution >= 4 is 15.9 Å². The Bertz CT molecular complexity index is 1530. The third-order valence-electron chi connectivity index (χ3n) is 6.77. The maximum Gasteiger partial charge on any atom is 0.451 e. The molecular formula is C25H22F7N5O3S. The Labute approximate surface area is 229 Å². The zero-order valence-corrected chi connectivity index (χ0v) is 22.1. The first-order chi connectivity index (χ1) is 19.0. The van der Waals surface area contributed by atoms with Crippen molar-refractivity contribution < 1.29 is 43.9 Å². The zero-order chi connectivity index (χ0) is 30.3. The molecule has 3 heterocycles. The molecule has 1 fully saturated rings. The van der Waals surface area contributed by atoms with Crippen LogP contribution in [0.2, 0.25) is 0 Å². The lowest BCUT2D eigenvalue weighted by Gasteiger charge is -2.27. The molecule has 1 aromatic carbocycles. The number of aromatic nitrogens is 3. The molecule has 41 heavy (non-hydrogen) atoms. The van der Waals surface area contributed by atoms with E-state index in [9.17, 15) is 43.9 Å². The molecule has 0 radical (unpaired) electrons. The van der Waals surface area contributed by atoms with Crippen molar-refractivity contribution in [3.8, 4) is 11.3 Å². The fourth-order valence-electron chi connectivity index (χ4n) is 4.49. The molecule has 16 heteroatoms. The van der Waals surface area contributed by atoms with Crippen molar-refractivity contribution in [1.82, 2.24) is 24.6 Å². The van der Waals surface area contributed by atoms with Gasteiger partial charge in [0.25, 0.3) is 0 Å². The monoisotopic (exact) mass is 605 g/mol. The SMILES string of the molecule is C[C@@H]1C[C@@H](C(=O)NCc2cc(-c3cnc(C(F)(F)F)nc3)ncc2C(F)(F)F)N(S(=O)(=O)c2ccc(F)cc2)[C@H]1C. The number of pyridine rings is 1. The lowest BCUT2D eigenvalue weighted by Crippen LogP contribution is -2.48. The fraction of sp³-hybridized carbons (Fsp3) is 0.360. The van der Waals surface area contributed by atoms with Gasteiger partial charge in [-0.25, -0.2) is 22.8 Å². The number of nitrogens with one attached hydrogen (secondary N) is 1. The minimum atomic E-state index is -4.89. The molecule has 0 unspecified atom stereocenters. The highest BCUT2D eigenvalue weighted by Gasteiger charge is 2.47. The molecule has 0 spiro atoms. The average Bonchev–Trinajstić information content (AvgIpc) is 3.21. The number of amides is 1. The van der Waals surface area contributed by atoms with E-state index in [1.54, 1.807) is 13.8 Å². The van der Waals surface area contributed by atoms with Crippen molar-refractivity contribution in [1.29, 1.82) is 0 Å². The summed E-state index contributed by atoms with van der Waals surface area (Å²) in [6.07, 6.45) is -7.66. The summed E-state index contributed by atoms with van der Waals surface area (Å²) in [5.74, 6) is -3.27. The van der Waals surface area contributed by atoms with Gasteiger partial charge in [0.05, 0.1) is 16.2 Å². The van der Waals surface area contributed by atoms with Gasteiger partial charge in [0, 0.05) is 36.7 Å². The number of alkyl halides is 6. The van der Waals surface area contributed by atoms with Crippen LogP contribution in [-0.4, -0.2) is 45.7 Å². The Morgan fingerprint density at radius 2 is 1.59 bits per heavy atom. The molecule has 1 amide bonds. The first kappa shape index (κ1) is 30.3. The zero-order valence-electron chi connectivity index (χ0n) is 21.3. The molecule has 0 aliphatic carbocycles. The van der Waals surface area contributed by atoms with E-state index in [1.165, 1.54) is 0 Å². The predicted octanol–water partition coefficient (Wildman–Crippen LogP) is 4.82. The molecule has 2 aromatic heterocycles. The molecule has 3 atom stereocenters. The Balaban J connectivity index is 1.61. The van der Waals surface area contributed by atoms with Gasteiger partial charge in [0.2, 0.25) is 21.8 Å². The van der Waals surface area contributed by atoms with Crippen LogP contribution in [0, 0.1) is 11.7 Å². The molecule has 1 N–H and O–H groups in total. The summed E-state index contributed by atoms with van der Waals surface area (Å²) in [7, 11) is -4.28. The molecule has 3 aromatic rings. The topological polar surface area (TPSA) is 105 Å². The molecule has 220 valence electrons. The number of hydrogen-bond donors (Lipinski definition) is 1. The van der Waals surface area contributed by atoms with Gasteiger partial charge in [-0.05, 0) is 55.2 Å². The molecule has 1 aliphatic rings. The van der Waals surface area contributed by atoms with Crippen molar-refractivity contribution in [2.24, 2.45) is 5.92 Å². The summed E-state index contributed by atoms with van der Waals surface area (Å²) < 4.78 is 120. The highest BCUT2D eigenvalue weighted by Crippen LogP contribution is 2.36. The van der Waals surface area contributed by atoms with Crippen molar-refractivity contribution in [3.05, 3.63) is 71.7 Å². The lowest BCUT2D eigenvalue weighted by atomic mass is 10.0. The van der Waals surface area contributed by atoms with Crippen LogP contribution in [0.4, 0.5) is 30.7 Å². The standard InChI is InChI=1S/C25H22F7N5O3S/c1-13-7-21(37(14(13)2)41(39,40)18-5-3-17(26)4-6-18)22(38)34-9-15-8-20(33-12-19(15)24(27,28)29)16-10-35-23(36-11-16)25(30,31)32/h3-6,8,10-14,21H,7,9H2,1-2H3,(H,34,38)/t13-,14+,21+/m1/s1. The minimum Gasteiger partial charge on any atom is -0.351 e. The molecule has 1 saturated heterocycles. The summed E-state index contributed by atoms with van der Waals surface area (Å²) in [6, 6.07) is 3.01. The van der Waals surface area contributed by atoms with Gasteiger partial charge >= 0.3 is 12.4 Å². The number of halogens is 7. The average molecular weight is 606 g/mol. The number of sulfonamides is 1. The minimum absolute atomic E-state index is 0.0735. The summed E-state index contributed by atoms with van der Waals surface area (Å²) in [5, 5.41) is 2.35. The van der Waals surface area contributed by atoms with Crippen LogP contribution in [0.5, 0.6) is 0 Å². The third-order valence-corrected chi connectivity index (χ3v) is 8.78. The second-order valence-electron chi connectivity index (χ2n) is 9.49. The van der Waals surface area contributed by atoms with E-state index in [4.69, 9.17) is 0 Å². The quantitative estimate of drug-likeness (QED) is 0.404. The third kappa shape index (κ3) is 6.32. The molecular weight excluding hydrogens is 583 g/mol.